The number of rotatable bonds is 4. The van der Waals surface area contributed by atoms with E-state index in [-0.39, 0.29) is 0 Å². The summed E-state index contributed by atoms with van der Waals surface area (Å²) in [4.78, 5) is 18.3. The molecule has 0 unspecified atom stereocenters. The highest BCUT2D eigenvalue weighted by Gasteiger charge is 2.54. The van der Waals surface area contributed by atoms with Crippen molar-refractivity contribution < 1.29 is 9.90 Å². The van der Waals surface area contributed by atoms with Gasteiger partial charge < -0.3 is 10.1 Å². The van der Waals surface area contributed by atoms with Crippen molar-refractivity contribution in [1.82, 2.24) is 9.97 Å². The smallest absolute Gasteiger partial charge is 0.317 e. The standard InChI is InChI=1S/C10H14N2O2/c1-2-3-7-6-11-8(12-7)10(4-5-10)9(13)14/h6H,2-5H2,1H3,(H,11,12)(H,13,14). The summed E-state index contributed by atoms with van der Waals surface area (Å²) in [6.45, 7) is 2.09. The van der Waals surface area contributed by atoms with Gasteiger partial charge in [-0.3, -0.25) is 4.79 Å². The summed E-state index contributed by atoms with van der Waals surface area (Å²) in [5, 5.41) is 9.04. The number of nitrogens with zero attached hydrogens (tertiary/aromatic N) is 1. The number of hydrogen-bond donors (Lipinski definition) is 2. The Bertz CT molecular complexity index is 353. The average molecular weight is 194 g/mol. The number of nitrogens with one attached hydrogen (secondary N) is 1. The van der Waals surface area contributed by atoms with Crippen LogP contribution in [0.2, 0.25) is 0 Å². The highest BCUT2D eigenvalue weighted by molar-refractivity contribution is 5.83. The molecular formula is C10H14N2O2. The maximum absolute atomic E-state index is 11.0. The molecule has 0 amide bonds. The van der Waals surface area contributed by atoms with Crippen LogP contribution in [0.1, 0.15) is 37.7 Å². The monoisotopic (exact) mass is 194 g/mol. The third-order valence-corrected chi connectivity index (χ3v) is 2.76. The van der Waals surface area contributed by atoms with Gasteiger partial charge in [-0.15, -0.1) is 0 Å². The fourth-order valence-electron chi connectivity index (χ4n) is 1.68. The van der Waals surface area contributed by atoms with Crippen molar-refractivity contribution in [1.29, 1.82) is 0 Å². The van der Waals surface area contributed by atoms with E-state index >= 15 is 0 Å². The molecule has 0 aromatic carbocycles. The van der Waals surface area contributed by atoms with Crippen LogP contribution in [-0.2, 0) is 16.6 Å². The largest absolute Gasteiger partial charge is 0.480 e. The Kier molecular flexibility index (Phi) is 2.06. The first-order valence-corrected chi connectivity index (χ1v) is 4.97. The van der Waals surface area contributed by atoms with Crippen LogP contribution in [0.5, 0.6) is 0 Å². The van der Waals surface area contributed by atoms with Crippen molar-refractivity contribution in [2.75, 3.05) is 0 Å². The van der Waals surface area contributed by atoms with E-state index in [1.807, 2.05) is 0 Å². The van der Waals surface area contributed by atoms with E-state index in [0.717, 1.165) is 18.5 Å². The van der Waals surface area contributed by atoms with Gasteiger partial charge in [0.1, 0.15) is 11.2 Å². The van der Waals surface area contributed by atoms with E-state index in [2.05, 4.69) is 16.9 Å². The molecule has 0 bridgehead atoms. The van der Waals surface area contributed by atoms with E-state index in [9.17, 15) is 4.79 Å². The molecule has 76 valence electrons. The minimum atomic E-state index is -0.755. The van der Waals surface area contributed by atoms with E-state index in [4.69, 9.17) is 5.11 Å². The van der Waals surface area contributed by atoms with E-state index < -0.39 is 11.4 Å². The van der Waals surface area contributed by atoms with Crippen molar-refractivity contribution in [3.8, 4) is 0 Å². The van der Waals surface area contributed by atoms with Gasteiger partial charge in [0.05, 0.1) is 0 Å². The maximum Gasteiger partial charge on any atom is 0.317 e. The predicted octanol–water partition coefficient (Wildman–Crippen LogP) is 1.48. The Labute approximate surface area is 82.4 Å². The molecule has 4 nitrogen and oxygen atoms in total. The minimum Gasteiger partial charge on any atom is -0.480 e. The maximum atomic E-state index is 11.0. The molecule has 0 aliphatic heterocycles. The molecule has 0 atom stereocenters. The molecule has 2 N–H and O–H groups in total. The third kappa shape index (κ3) is 1.31. The van der Waals surface area contributed by atoms with Crippen LogP contribution >= 0.6 is 0 Å². The van der Waals surface area contributed by atoms with Gasteiger partial charge in [0.15, 0.2) is 0 Å². The molecule has 1 aliphatic rings. The molecule has 0 radical (unpaired) electrons. The number of aliphatic carboxylic acids is 1. The van der Waals surface area contributed by atoms with Crippen LogP contribution in [-0.4, -0.2) is 21.0 Å². The first-order valence-electron chi connectivity index (χ1n) is 4.97. The number of carbonyl (C=O) groups is 1. The molecule has 1 fully saturated rings. The van der Waals surface area contributed by atoms with Gasteiger partial charge in [0.2, 0.25) is 0 Å². The Morgan fingerprint density at radius 3 is 2.93 bits per heavy atom. The van der Waals surface area contributed by atoms with E-state index in [0.29, 0.717) is 18.7 Å². The first-order chi connectivity index (χ1) is 6.69. The Morgan fingerprint density at radius 2 is 2.43 bits per heavy atom. The van der Waals surface area contributed by atoms with Crippen LogP contribution in [0.15, 0.2) is 6.20 Å². The van der Waals surface area contributed by atoms with Gasteiger partial charge in [-0.05, 0) is 19.3 Å². The molecule has 1 aromatic heterocycles. The number of imidazole rings is 1. The fraction of sp³-hybridized carbons (Fsp3) is 0.600. The van der Waals surface area contributed by atoms with Crippen LogP contribution in [0.3, 0.4) is 0 Å². The highest BCUT2D eigenvalue weighted by Crippen LogP contribution is 2.46. The first kappa shape index (κ1) is 9.24. The molecule has 1 heterocycles. The summed E-state index contributed by atoms with van der Waals surface area (Å²) in [5.41, 5.74) is 0.349. The molecule has 1 saturated carbocycles. The van der Waals surface area contributed by atoms with Crippen LogP contribution in [0, 0.1) is 0 Å². The summed E-state index contributed by atoms with van der Waals surface area (Å²) in [5.74, 6) is -0.122. The van der Waals surface area contributed by atoms with Gasteiger partial charge >= 0.3 is 5.97 Å². The van der Waals surface area contributed by atoms with Gasteiger partial charge in [-0.1, -0.05) is 13.3 Å². The lowest BCUT2D eigenvalue weighted by Crippen LogP contribution is -2.21. The summed E-state index contributed by atoms with van der Waals surface area (Å²) in [6, 6.07) is 0. The van der Waals surface area contributed by atoms with Gasteiger partial charge in [0, 0.05) is 11.9 Å². The van der Waals surface area contributed by atoms with Crippen LogP contribution in [0.4, 0.5) is 0 Å². The molecule has 4 heteroatoms. The molecule has 14 heavy (non-hydrogen) atoms. The lowest BCUT2D eigenvalue weighted by Gasteiger charge is -2.04. The summed E-state index contributed by atoms with van der Waals surface area (Å²) >= 11 is 0. The molecule has 0 spiro atoms. The van der Waals surface area contributed by atoms with Crippen LogP contribution in [0.25, 0.3) is 0 Å². The van der Waals surface area contributed by atoms with Gasteiger partial charge in [-0.2, -0.15) is 0 Å². The van der Waals surface area contributed by atoms with Crippen molar-refractivity contribution in [3.05, 3.63) is 17.7 Å². The molecule has 1 aromatic rings. The number of H-pyrrole nitrogens is 1. The lowest BCUT2D eigenvalue weighted by atomic mass is 10.1. The quantitative estimate of drug-likeness (QED) is 0.762. The minimum absolute atomic E-state index is 0.633. The molecule has 2 rings (SSSR count). The predicted molar refractivity (Wildman–Crippen MR) is 51.1 cm³/mol. The fourth-order valence-corrected chi connectivity index (χ4v) is 1.68. The number of carboxylic acids is 1. The molecular weight excluding hydrogens is 180 g/mol. The van der Waals surface area contributed by atoms with Gasteiger partial charge in [0.25, 0.3) is 0 Å². The summed E-state index contributed by atoms with van der Waals surface area (Å²) in [6.07, 6.45) is 5.15. The topological polar surface area (TPSA) is 66.0 Å². The summed E-state index contributed by atoms with van der Waals surface area (Å²) < 4.78 is 0. The number of aromatic nitrogens is 2. The molecule has 0 saturated heterocycles. The van der Waals surface area contributed by atoms with Gasteiger partial charge in [-0.25, -0.2) is 4.98 Å². The Balaban J connectivity index is 2.21. The average Bonchev–Trinajstić information content (AvgIpc) is 2.84. The van der Waals surface area contributed by atoms with Crippen LogP contribution < -0.4 is 0 Å². The Morgan fingerprint density at radius 1 is 1.71 bits per heavy atom. The van der Waals surface area contributed by atoms with Crippen molar-refractivity contribution in [3.63, 3.8) is 0 Å². The Hall–Kier alpha value is -1.32. The zero-order valence-electron chi connectivity index (χ0n) is 8.21. The van der Waals surface area contributed by atoms with E-state index in [1.165, 1.54) is 0 Å². The lowest BCUT2D eigenvalue weighted by molar-refractivity contribution is -0.140. The zero-order valence-corrected chi connectivity index (χ0v) is 8.21. The number of carboxylic acid groups (broad SMARTS) is 1. The van der Waals surface area contributed by atoms with Crippen molar-refractivity contribution in [2.45, 2.75) is 38.0 Å². The number of aromatic amines is 1. The SMILES string of the molecule is CCCc1cnc(C2(C(=O)O)CC2)[nH]1. The number of hydrogen-bond acceptors (Lipinski definition) is 2. The summed E-state index contributed by atoms with van der Waals surface area (Å²) in [7, 11) is 0. The van der Waals surface area contributed by atoms with Crippen molar-refractivity contribution >= 4 is 5.97 Å². The van der Waals surface area contributed by atoms with Crippen molar-refractivity contribution in [2.24, 2.45) is 0 Å². The number of aryl methyl sites for hydroxylation is 1. The zero-order chi connectivity index (χ0) is 10.2. The normalized spacial score (nSPS) is 18.1. The second kappa shape index (κ2) is 3.12. The second-order valence-electron chi connectivity index (χ2n) is 3.89. The van der Waals surface area contributed by atoms with E-state index in [1.54, 1.807) is 6.20 Å². The third-order valence-electron chi connectivity index (χ3n) is 2.76. The molecule has 1 aliphatic carbocycles. The highest BCUT2D eigenvalue weighted by atomic mass is 16.4. The second-order valence-corrected chi connectivity index (χ2v) is 3.89.